The summed E-state index contributed by atoms with van der Waals surface area (Å²) in [6.45, 7) is 0.594. The number of sulfonamides is 1. The number of sulfone groups is 1. The molecule has 184 valence electrons. The zero-order valence-electron chi connectivity index (χ0n) is 17.4. The van der Waals surface area contributed by atoms with Gasteiger partial charge in [-0.15, -0.1) is 11.3 Å². The minimum absolute atomic E-state index is 0.00550. The fraction of sp³-hybridized carbons (Fsp3) is 0.421. The van der Waals surface area contributed by atoms with Crippen molar-refractivity contribution < 1.29 is 39.9 Å². The van der Waals surface area contributed by atoms with Crippen LogP contribution in [0.4, 0.5) is 13.2 Å². The van der Waals surface area contributed by atoms with Gasteiger partial charge in [-0.25, -0.2) is 21.6 Å². The second-order valence-corrected chi connectivity index (χ2v) is 12.7. The Hall–Kier alpha value is -2.00. The van der Waals surface area contributed by atoms with Gasteiger partial charge in [0.25, 0.3) is 0 Å². The lowest BCUT2D eigenvalue weighted by Gasteiger charge is -2.21. The number of benzene rings is 1. The molecule has 1 aromatic carbocycles. The smallest absolute Gasteiger partial charge is 0.475 e. The number of carboxylic acid groups (broad SMARTS) is 1. The zero-order chi connectivity index (χ0) is 25.0. The number of aliphatic carboxylic acids is 1. The molecule has 14 heteroatoms. The first-order valence-electron chi connectivity index (χ1n) is 9.48. The fourth-order valence-corrected chi connectivity index (χ4v) is 7.54. The molecular weight excluding hydrogens is 505 g/mol. The maximum Gasteiger partial charge on any atom is 0.490 e. The minimum atomic E-state index is -5.08. The lowest BCUT2D eigenvalue weighted by molar-refractivity contribution is -0.192. The molecule has 8 nitrogen and oxygen atoms in total. The van der Waals surface area contributed by atoms with Crippen LogP contribution in [0.25, 0.3) is 0 Å². The molecule has 2 heterocycles. The van der Waals surface area contributed by atoms with E-state index < -0.39 is 38.0 Å². The molecular formula is C19H23F3N2O6S3. The highest BCUT2D eigenvalue weighted by molar-refractivity contribution is 7.93. The predicted octanol–water partition coefficient (Wildman–Crippen LogP) is 2.43. The number of hydrogen-bond donors (Lipinski definition) is 2. The third-order valence-corrected chi connectivity index (χ3v) is 9.65. The summed E-state index contributed by atoms with van der Waals surface area (Å²) >= 11 is 1.15. The van der Waals surface area contributed by atoms with Crippen molar-refractivity contribution in [3.05, 3.63) is 52.9 Å². The number of alkyl halides is 3. The molecule has 33 heavy (non-hydrogen) atoms. The molecule has 1 saturated heterocycles. The summed E-state index contributed by atoms with van der Waals surface area (Å²) in [7, 11) is -7.07. The third kappa shape index (κ3) is 7.50. The van der Waals surface area contributed by atoms with Crippen molar-refractivity contribution in [3.8, 4) is 0 Å². The largest absolute Gasteiger partial charge is 0.490 e. The Morgan fingerprint density at radius 3 is 2.18 bits per heavy atom. The third-order valence-electron chi connectivity index (χ3n) is 4.86. The molecule has 0 spiro atoms. The molecule has 3 rings (SSSR count). The molecule has 1 aromatic heterocycles. The molecule has 0 radical (unpaired) electrons. The van der Waals surface area contributed by atoms with E-state index in [2.05, 4.69) is 0 Å². The van der Waals surface area contributed by atoms with Gasteiger partial charge >= 0.3 is 12.1 Å². The number of nitrogens with two attached hydrogens (primary N) is 1. The summed E-state index contributed by atoms with van der Waals surface area (Å²) in [5.74, 6) is -2.98. The van der Waals surface area contributed by atoms with Crippen LogP contribution in [-0.4, -0.2) is 63.0 Å². The molecule has 2 atom stereocenters. The average Bonchev–Trinajstić information content (AvgIpc) is 3.35. The molecule has 1 aliphatic heterocycles. The summed E-state index contributed by atoms with van der Waals surface area (Å²) in [5, 5.41) is 7.12. The van der Waals surface area contributed by atoms with E-state index in [0.717, 1.165) is 28.0 Å². The van der Waals surface area contributed by atoms with E-state index in [1.165, 1.54) is 4.31 Å². The first kappa shape index (κ1) is 27.2. The molecule has 0 bridgehead atoms. The Kier molecular flexibility index (Phi) is 8.68. The fourth-order valence-electron chi connectivity index (χ4n) is 3.38. The highest BCUT2D eigenvalue weighted by Crippen LogP contribution is 2.35. The van der Waals surface area contributed by atoms with E-state index in [-0.39, 0.29) is 22.4 Å². The molecule has 1 aliphatic rings. The van der Waals surface area contributed by atoms with Gasteiger partial charge in [-0.1, -0.05) is 30.3 Å². The second kappa shape index (κ2) is 10.5. The van der Waals surface area contributed by atoms with Crippen molar-refractivity contribution in [3.63, 3.8) is 0 Å². The van der Waals surface area contributed by atoms with Gasteiger partial charge in [-0.3, -0.25) is 0 Å². The van der Waals surface area contributed by atoms with Crippen LogP contribution in [0.3, 0.4) is 0 Å². The van der Waals surface area contributed by atoms with Crippen molar-refractivity contribution in [2.75, 3.05) is 18.6 Å². The van der Waals surface area contributed by atoms with E-state index in [4.69, 9.17) is 15.6 Å². The standard InChI is InChI=1S/C17H22N2O4S3.C2HF3O2/c1-25(20,21)19-11-14(13-5-3-2-4-6-13)9-15(19)12-26(22,23)17-8-7-16(10-18)24-17;3-2(4,5)1(6)7/h2-8,14-15H,9-12,18H2,1H3;(H,6,7)/t14-,15+;/m0./s1. The second-order valence-electron chi connectivity index (χ2n) is 7.34. The summed E-state index contributed by atoms with van der Waals surface area (Å²) in [4.78, 5) is 9.68. The van der Waals surface area contributed by atoms with Crippen LogP contribution in [0.2, 0.25) is 0 Å². The Morgan fingerprint density at radius 2 is 1.73 bits per heavy atom. The summed E-state index contributed by atoms with van der Waals surface area (Å²) in [6.07, 6.45) is -3.46. The predicted molar refractivity (Wildman–Crippen MR) is 117 cm³/mol. The number of carbonyl (C=O) groups is 1. The molecule has 1 fully saturated rings. The van der Waals surface area contributed by atoms with Crippen molar-refractivity contribution in [2.24, 2.45) is 5.73 Å². The summed E-state index contributed by atoms with van der Waals surface area (Å²) in [5.41, 5.74) is 6.59. The van der Waals surface area contributed by atoms with Crippen LogP contribution in [0, 0.1) is 0 Å². The van der Waals surface area contributed by atoms with E-state index in [1.54, 1.807) is 12.1 Å². The van der Waals surface area contributed by atoms with Gasteiger partial charge in [0, 0.05) is 24.0 Å². The quantitative estimate of drug-likeness (QED) is 0.588. The van der Waals surface area contributed by atoms with Gasteiger partial charge in [0.1, 0.15) is 4.21 Å². The number of carboxylic acids is 1. The average molecular weight is 529 g/mol. The molecule has 0 unspecified atom stereocenters. The van der Waals surface area contributed by atoms with Crippen molar-refractivity contribution in [2.45, 2.75) is 35.3 Å². The summed E-state index contributed by atoms with van der Waals surface area (Å²) in [6, 6.07) is 12.3. The number of halogens is 3. The first-order chi connectivity index (χ1) is 15.1. The van der Waals surface area contributed by atoms with E-state index >= 15 is 0 Å². The normalized spacial score (nSPS) is 19.7. The minimum Gasteiger partial charge on any atom is -0.475 e. The number of thiophene rings is 1. The van der Waals surface area contributed by atoms with Crippen LogP contribution in [0.5, 0.6) is 0 Å². The monoisotopic (exact) mass is 528 g/mol. The van der Waals surface area contributed by atoms with Crippen molar-refractivity contribution >= 4 is 37.2 Å². The maximum absolute atomic E-state index is 12.8. The lowest BCUT2D eigenvalue weighted by Crippen LogP contribution is -2.38. The highest BCUT2D eigenvalue weighted by atomic mass is 32.2. The SMILES string of the molecule is CS(=O)(=O)N1C[C@@H](c2ccccc2)C[C@@H]1CS(=O)(=O)c1ccc(CN)s1.O=C(O)C(F)(F)F. The Balaban J connectivity index is 0.000000479. The van der Waals surface area contributed by atoms with Gasteiger partial charge in [-0.2, -0.15) is 17.5 Å². The van der Waals surface area contributed by atoms with Crippen LogP contribution >= 0.6 is 11.3 Å². The van der Waals surface area contributed by atoms with Gasteiger partial charge in [0.15, 0.2) is 9.84 Å². The van der Waals surface area contributed by atoms with Crippen LogP contribution < -0.4 is 5.73 Å². The molecule has 0 saturated carbocycles. The highest BCUT2D eigenvalue weighted by Gasteiger charge is 2.41. The van der Waals surface area contributed by atoms with Crippen LogP contribution in [0.15, 0.2) is 46.7 Å². The maximum atomic E-state index is 12.8. The zero-order valence-corrected chi connectivity index (χ0v) is 19.8. The number of rotatable bonds is 6. The summed E-state index contributed by atoms with van der Waals surface area (Å²) < 4.78 is 83.3. The molecule has 2 aromatic rings. The first-order valence-corrected chi connectivity index (χ1v) is 13.8. The molecule has 0 amide bonds. The van der Waals surface area contributed by atoms with E-state index in [0.29, 0.717) is 13.0 Å². The van der Waals surface area contributed by atoms with E-state index in [9.17, 15) is 30.0 Å². The topological polar surface area (TPSA) is 135 Å². The Bertz CT molecular complexity index is 1160. The lowest BCUT2D eigenvalue weighted by atomic mass is 9.97. The van der Waals surface area contributed by atoms with Crippen LogP contribution in [0.1, 0.15) is 22.8 Å². The van der Waals surface area contributed by atoms with Crippen molar-refractivity contribution in [1.82, 2.24) is 4.31 Å². The van der Waals surface area contributed by atoms with Gasteiger partial charge < -0.3 is 10.8 Å². The van der Waals surface area contributed by atoms with Gasteiger partial charge in [0.2, 0.25) is 10.0 Å². The van der Waals surface area contributed by atoms with Gasteiger partial charge in [0.05, 0.1) is 12.0 Å². The number of nitrogens with zero attached hydrogens (tertiary/aromatic N) is 1. The van der Waals surface area contributed by atoms with Crippen molar-refractivity contribution in [1.29, 1.82) is 0 Å². The van der Waals surface area contributed by atoms with Gasteiger partial charge in [-0.05, 0) is 30.0 Å². The number of hydrogen-bond acceptors (Lipinski definition) is 7. The van der Waals surface area contributed by atoms with E-state index in [1.807, 2.05) is 30.3 Å². The molecule has 3 N–H and O–H groups in total. The molecule has 0 aliphatic carbocycles. The Morgan fingerprint density at radius 1 is 1.15 bits per heavy atom. The van der Waals surface area contributed by atoms with Crippen LogP contribution in [-0.2, 0) is 31.2 Å². The Labute approximate surface area is 193 Å².